The number of rotatable bonds is 3. The summed E-state index contributed by atoms with van der Waals surface area (Å²) in [6.07, 6.45) is 3.30. The molecule has 144 valence electrons. The summed E-state index contributed by atoms with van der Waals surface area (Å²) in [6.45, 7) is 3.28. The third-order valence-corrected chi connectivity index (χ3v) is 7.00. The highest BCUT2D eigenvalue weighted by atomic mass is 32.2. The normalized spacial score (nSPS) is 18.4. The van der Waals surface area contributed by atoms with E-state index in [4.69, 9.17) is 4.98 Å². The van der Waals surface area contributed by atoms with Crippen LogP contribution in [0.15, 0.2) is 34.2 Å². The fourth-order valence-electron chi connectivity index (χ4n) is 3.66. The van der Waals surface area contributed by atoms with Crippen LogP contribution in [0.1, 0.15) is 24.1 Å². The Hall–Kier alpha value is -2.06. The second kappa shape index (κ2) is 7.16. The number of fused-ring (bicyclic) bond motifs is 1. The molecule has 8 heteroatoms. The molecule has 27 heavy (non-hydrogen) atoms. The van der Waals surface area contributed by atoms with Gasteiger partial charge in [0, 0.05) is 31.7 Å². The van der Waals surface area contributed by atoms with Gasteiger partial charge in [-0.15, -0.1) is 0 Å². The minimum Gasteiger partial charge on any atom is -0.338 e. The number of sulfone groups is 1. The number of anilines is 1. The molecule has 0 saturated carbocycles. The maximum atomic E-state index is 13.6. The largest absolute Gasteiger partial charge is 0.338 e. The van der Waals surface area contributed by atoms with Crippen molar-refractivity contribution in [3.8, 4) is 0 Å². The van der Waals surface area contributed by atoms with Gasteiger partial charge in [-0.05, 0) is 50.9 Å². The first-order chi connectivity index (χ1) is 12.9. The van der Waals surface area contributed by atoms with Crippen LogP contribution in [0.25, 0.3) is 0 Å². The Balaban J connectivity index is 1.82. The summed E-state index contributed by atoms with van der Waals surface area (Å²) >= 11 is 0. The van der Waals surface area contributed by atoms with Crippen LogP contribution in [0.2, 0.25) is 0 Å². The Morgan fingerprint density at radius 3 is 2.52 bits per heavy atom. The van der Waals surface area contributed by atoms with Gasteiger partial charge in [0.25, 0.3) is 0 Å². The molecule has 0 unspecified atom stereocenters. The number of halogens is 1. The lowest BCUT2D eigenvalue weighted by molar-refractivity contribution is 0.310. The smallest absolute Gasteiger partial charge is 0.226 e. The van der Waals surface area contributed by atoms with Crippen molar-refractivity contribution >= 4 is 15.8 Å². The fraction of sp³-hybridized carbons (Fsp3) is 0.474. The summed E-state index contributed by atoms with van der Waals surface area (Å²) in [4.78, 5) is 13.4. The number of aryl methyl sites for hydroxylation is 1. The topological polar surface area (TPSA) is 66.4 Å². The molecule has 0 bridgehead atoms. The van der Waals surface area contributed by atoms with Crippen LogP contribution in [-0.2, 0) is 22.7 Å². The number of hydrogen-bond donors (Lipinski definition) is 0. The van der Waals surface area contributed by atoms with Crippen LogP contribution in [0.4, 0.5) is 10.3 Å². The van der Waals surface area contributed by atoms with E-state index >= 15 is 0 Å². The number of likely N-dealkylation sites (N-methyl/N-ethyl adjacent to an activating group) is 1. The van der Waals surface area contributed by atoms with E-state index < -0.39 is 15.7 Å². The lowest BCUT2D eigenvalue weighted by Crippen LogP contribution is -2.45. The van der Waals surface area contributed by atoms with Crippen LogP contribution in [0.5, 0.6) is 0 Å². The van der Waals surface area contributed by atoms with Gasteiger partial charge >= 0.3 is 0 Å². The highest BCUT2D eigenvalue weighted by Crippen LogP contribution is 2.31. The summed E-state index contributed by atoms with van der Waals surface area (Å²) in [6, 6.07) is 5.13. The van der Waals surface area contributed by atoms with Gasteiger partial charge in [0.05, 0.1) is 10.6 Å². The van der Waals surface area contributed by atoms with Crippen molar-refractivity contribution in [2.45, 2.75) is 35.6 Å². The minimum absolute atomic E-state index is 0.0479. The second-order valence-corrected chi connectivity index (χ2v) is 9.08. The molecule has 0 spiro atoms. The Morgan fingerprint density at radius 1 is 1.04 bits per heavy atom. The van der Waals surface area contributed by atoms with Gasteiger partial charge in [0.1, 0.15) is 5.82 Å². The zero-order valence-corrected chi connectivity index (χ0v) is 16.2. The minimum atomic E-state index is -3.90. The van der Waals surface area contributed by atoms with Crippen LogP contribution in [-0.4, -0.2) is 56.5 Å². The van der Waals surface area contributed by atoms with Gasteiger partial charge in [-0.3, -0.25) is 0 Å². The molecule has 1 aliphatic heterocycles. The molecule has 2 heterocycles. The van der Waals surface area contributed by atoms with E-state index in [9.17, 15) is 12.8 Å². The first-order valence-corrected chi connectivity index (χ1v) is 10.8. The predicted molar refractivity (Wildman–Crippen MR) is 100 cm³/mol. The molecule has 0 amide bonds. The van der Waals surface area contributed by atoms with E-state index in [2.05, 4.69) is 16.9 Å². The van der Waals surface area contributed by atoms with Crippen LogP contribution in [0.3, 0.4) is 0 Å². The second-order valence-electron chi connectivity index (χ2n) is 7.21. The van der Waals surface area contributed by atoms with E-state index in [0.29, 0.717) is 17.9 Å². The van der Waals surface area contributed by atoms with Gasteiger partial charge in [0.15, 0.2) is 5.03 Å². The number of aromatic nitrogens is 2. The number of piperazine rings is 1. The molecular formula is C19H23FN4O2S. The molecule has 1 saturated heterocycles. The average molecular weight is 390 g/mol. The standard InChI is InChI=1S/C19H23FN4O2S/c1-23-9-11-24(12-10-23)19-21-17-8-3-2-7-16(17)18(22-19)27(25,26)15-6-4-5-14(20)13-15/h4-6,13H,2-3,7-12H2,1H3. The summed E-state index contributed by atoms with van der Waals surface area (Å²) in [7, 11) is -1.84. The van der Waals surface area contributed by atoms with Gasteiger partial charge in [-0.25, -0.2) is 22.8 Å². The number of hydrogen-bond acceptors (Lipinski definition) is 6. The maximum absolute atomic E-state index is 13.6. The van der Waals surface area contributed by atoms with Gasteiger partial charge in [-0.1, -0.05) is 6.07 Å². The molecule has 2 aliphatic rings. The molecule has 1 aromatic heterocycles. The average Bonchev–Trinajstić information content (AvgIpc) is 2.67. The lowest BCUT2D eigenvalue weighted by atomic mass is 9.97. The molecule has 0 atom stereocenters. The third kappa shape index (κ3) is 3.55. The molecule has 1 fully saturated rings. The van der Waals surface area contributed by atoms with Crippen molar-refractivity contribution in [1.82, 2.24) is 14.9 Å². The summed E-state index contributed by atoms with van der Waals surface area (Å²) in [5.74, 6) is -0.1000. The third-order valence-electron chi connectivity index (χ3n) is 5.28. The van der Waals surface area contributed by atoms with E-state index in [1.54, 1.807) is 0 Å². The van der Waals surface area contributed by atoms with E-state index in [1.165, 1.54) is 18.2 Å². The molecule has 1 aliphatic carbocycles. The number of benzene rings is 1. The van der Waals surface area contributed by atoms with Gasteiger partial charge < -0.3 is 9.80 Å². The van der Waals surface area contributed by atoms with Crippen LogP contribution < -0.4 is 4.90 Å². The van der Waals surface area contributed by atoms with Crippen molar-refractivity contribution in [2.24, 2.45) is 0 Å². The van der Waals surface area contributed by atoms with Crippen molar-refractivity contribution in [1.29, 1.82) is 0 Å². The molecule has 0 N–H and O–H groups in total. The number of nitrogens with zero attached hydrogens (tertiary/aromatic N) is 4. The zero-order chi connectivity index (χ0) is 19.0. The fourth-order valence-corrected chi connectivity index (χ4v) is 5.16. The summed E-state index contributed by atoms with van der Waals surface area (Å²) < 4.78 is 40.2. The summed E-state index contributed by atoms with van der Waals surface area (Å²) in [5.41, 5.74) is 1.52. The highest BCUT2D eigenvalue weighted by molar-refractivity contribution is 7.91. The molecule has 6 nitrogen and oxygen atoms in total. The molecule has 2 aromatic rings. The molecular weight excluding hydrogens is 367 g/mol. The van der Waals surface area contributed by atoms with E-state index in [0.717, 1.165) is 57.2 Å². The summed E-state index contributed by atoms with van der Waals surface area (Å²) in [5, 5.41) is 0.0479. The molecule has 1 aromatic carbocycles. The zero-order valence-electron chi connectivity index (χ0n) is 15.4. The lowest BCUT2D eigenvalue weighted by Gasteiger charge is -2.33. The first-order valence-electron chi connectivity index (χ1n) is 9.29. The van der Waals surface area contributed by atoms with E-state index in [1.807, 2.05) is 4.90 Å². The Labute approximate surface area is 159 Å². The first kappa shape index (κ1) is 18.3. The monoisotopic (exact) mass is 390 g/mol. The van der Waals surface area contributed by atoms with E-state index in [-0.39, 0.29) is 9.92 Å². The molecule has 0 radical (unpaired) electrons. The quantitative estimate of drug-likeness (QED) is 0.748. The van der Waals surface area contributed by atoms with Crippen LogP contribution in [0, 0.1) is 5.82 Å². The molecule has 4 rings (SSSR count). The SMILES string of the molecule is CN1CCN(c2nc3c(c(S(=O)(=O)c4cccc(F)c4)n2)CCCC3)CC1. The van der Waals surface area contributed by atoms with Crippen molar-refractivity contribution in [3.05, 3.63) is 41.3 Å². The van der Waals surface area contributed by atoms with Gasteiger partial charge in [0.2, 0.25) is 15.8 Å². The van der Waals surface area contributed by atoms with Crippen molar-refractivity contribution in [2.75, 3.05) is 38.1 Å². The Bertz CT molecular complexity index is 956. The van der Waals surface area contributed by atoms with Gasteiger partial charge in [-0.2, -0.15) is 0 Å². The van der Waals surface area contributed by atoms with Crippen LogP contribution >= 0.6 is 0 Å². The Morgan fingerprint density at radius 2 is 1.78 bits per heavy atom. The Kier molecular flexibility index (Phi) is 4.86. The maximum Gasteiger partial charge on any atom is 0.226 e. The van der Waals surface area contributed by atoms with Crippen molar-refractivity contribution in [3.63, 3.8) is 0 Å². The highest BCUT2D eigenvalue weighted by Gasteiger charge is 2.30. The predicted octanol–water partition coefficient (Wildman–Crippen LogP) is 2.08. The van der Waals surface area contributed by atoms with Crippen molar-refractivity contribution < 1.29 is 12.8 Å².